The molecule has 3 aliphatic carbocycles. The number of fused-ring (bicyclic) bond motifs is 3. The lowest BCUT2D eigenvalue weighted by Gasteiger charge is -2.21. The molecule has 2 saturated carbocycles. The maximum absolute atomic E-state index is 12.8. The van der Waals surface area contributed by atoms with Crippen LogP contribution in [0.5, 0.6) is 0 Å². The molecule has 0 N–H and O–H groups in total. The van der Waals surface area contributed by atoms with Crippen LogP contribution in [0.15, 0.2) is 42.5 Å². The summed E-state index contributed by atoms with van der Waals surface area (Å²) in [5, 5.41) is 0. The van der Waals surface area contributed by atoms with Crippen molar-refractivity contribution < 1.29 is 9.59 Å². The average Bonchev–Trinajstić information content (AvgIpc) is 3.14. The van der Waals surface area contributed by atoms with E-state index in [2.05, 4.69) is 24.3 Å². The molecule has 2 bridgehead atoms. The smallest absolute Gasteiger partial charge is 0.233 e. The van der Waals surface area contributed by atoms with E-state index in [-0.39, 0.29) is 23.7 Å². The van der Waals surface area contributed by atoms with E-state index in [1.807, 2.05) is 18.2 Å². The van der Waals surface area contributed by atoms with E-state index >= 15 is 0 Å². The number of likely N-dealkylation sites (tertiary alicyclic amines) is 1. The van der Waals surface area contributed by atoms with Gasteiger partial charge in [0.2, 0.25) is 11.8 Å². The van der Waals surface area contributed by atoms with Gasteiger partial charge < -0.3 is 0 Å². The van der Waals surface area contributed by atoms with E-state index in [0.717, 1.165) is 6.42 Å². The van der Waals surface area contributed by atoms with Crippen molar-refractivity contribution in [2.75, 3.05) is 6.54 Å². The normalized spacial score (nSPS) is 36.5. The van der Waals surface area contributed by atoms with Crippen LogP contribution in [0.1, 0.15) is 18.4 Å². The standard InChI is InChI=1S/C19H19NO2/c21-17-15-13-6-7-14(19(13)9-10-19)16(15)18(22)20(17)11-8-12-4-2-1-3-5-12/h1-7,13-16H,8-11H2/t13-,14-,15-,16+/m1/s1. The van der Waals surface area contributed by atoms with E-state index in [1.54, 1.807) is 4.90 Å². The molecule has 5 rings (SSSR count). The summed E-state index contributed by atoms with van der Waals surface area (Å²) in [5.41, 5.74) is 1.48. The number of benzene rings is 1. The Morgan fingerprint density at radius 2 is 1.55 bits per heavy atom. The van der Waals surface area contributed by atoms with Gasteiger partial charge in [-0.15, -0.1) is 0 Å². The van der Waals surface area contributed by atoms with Gasteiger partial charge in [-0.05, 0) is 42.1 Å². The van der Waals surface area contributed by atoms with Crippen molar-refractivity contribution in [2.45, 2.75) is 19.3 Å². The first-order valence-electron chi connectivity index (χ1n) is 8.30. The van der Waals surface area contributed by atoms with Crippen molar-refractivity contribution in [3.05, 3.63) is 48.0 Å². The average molecular weight is 293 g/mol. The molecule has 0 aromatic heterocycles. The largest absolute Gasteiger partial charge is 0.282 e. The van der Waals surface area contributed by atoms with E-state index in [4.69, 9.17) is 0 Å². The summed E-state index contributed by atoms with van der Waals surface area (Å²) in [7, 11) is 0. The van der Waals surface area contributed by atoms with Gasteiger partial charge in [-0.1, -0.05) is 42.5 Å². The lowest BCUT2D eigenvalue weighted by atomic mass is 9.85. The van der Waals surface area contributed by atoms with Crippen LogP contribution in [-0.2, 0) is 16.0 Å². The number of nitrogens with zero attached hydrogens (tertiary/aromatic N) is 1. The molecule has 3 nitrogen and oxygen atoms in total. The highest BCUT2D eigenvalue weighted by Crippen LogP contribution is 2.73. The van der Waals surface area contributed by atoms with Crippen LogP contribution >= 0.6 is 0 Å². The topological polar surface area (TPSA) is 37.4 Å². The van der Waals surface area contributed by atoms with Gasteiger partial charge >= 0.3 is 0 Å². The minimum Gasteiger partial charge on any atom is -0.282 e. The highest BCUT2D eigenvalue weighted by Gasteiger charge is 2.73. The summed E-state index contributed by atoms with van der Waals surface area (Å²) in [5.74, 6) is 0.742. The Balaban J connectivity index is 1.38. The van der Waals surface area contributed by atoms with Crippen molar-refractivity contribution in [1.29, 1.82) is 0 Å². The Bertz CT molecular complexity index is 655. The molecular formula is C19H19NO2. The predicted molar refractivity (Wildman–Crippen MR) is 81.6 cm³/mol. The number of hydrogen-bond donors (Lipinski definition) is 0. The maximum Gasteiger partial charge on any atom is 0.233 e. The molecule has 1 aliphatic heterocycles. The summed E-state index contributed by atoms with van der Waals surface area (Å²) in [6.45, 7) is 0.529. The van der Waals surface area contributed by atoms with Gasteiger partial charge in [0, 0.05) is 6.54 Å². The van der Waals surface area contributed by atoms with Gasteiger partial charge in [-0.2, -0.15) is 0 Å². The second-order valence-electron chi connectivity index (χ2n) is 7.28. The molecule has 4 atom stereocenters. The summed E-state index contributed by atoms with van der Waals surface area (Å²) >= 11 is 0. The zero-order valence-electron chi connectivity index (χ0n) is 12.4. The van der Waals surface area contributed by atoms with Crippen LogP contribution in [0, 0.1) is 29.1 Å². The number of amides is 2. The third-order valence-electron chi connectivity index (χ3n) is 6.41. The number of carbonyl (C=O) groups excluding carboxylic acids is 2. The van der Waals surface area contributed by atoms with Crippen molar-refractivity contribution in [1.82, 2.24) is 4.90 Å². The summed E-state index contributed by atoms with van der Waals surface area (Å²) in [4.78, 5) is 27.1. The SMILES string of the molecule is O=C1[C@@H]2[C@H](C(=O)N1CCc1ccccc1)[C@H]1C=C[C@H]2C12CC2. The van der Waals surface area contributed by atoms with Crippen molar-refractivity contribution in [2.24, 2.45) is 29.1 Å². The fourth-order valence-electron chi connectivity index (χ4n) is 5.25. The van der Waals surface area contributed by atoms with Crippen molar-refractivity contribution >= 4 is 11.8 Å². The molecule has 1 saturated heterocycles. The number of imide groups is 1. The van der Waals surface area contributed by atoms with Gasteiger partial charge in [0.25, 0.3) is 0 Å². The molecule has 112 valence electrons. The molecule has 4 aliphatic rings. The highest BCUT2D eigenvalue weighted by molar-refractivity contribution is 6.06. The first-order valence-corrected chi connectivity index (χ1v) is 8.30. The molecule has 1 aromatic carbocycles. The summed E-state index contributed by atoms with van der Waals surface area (Å²) in [6, 6.07) is 10.1. The number of rotatable bonds is 3. The highest BCUT2D eigenvalue weighted by atomic mass is 16.2. The minimum absolute atomic E-state index is 0.0548. The molecule has 1 spiro atoms. The Hall–Kier alpha value is -1.90. The first kappa shape index (κ1) is 12.6. The van der Waals surface area contributed by atoms with Crippen molar-refractivity contribution in [3.63, 3.8) is 0 Å². The molecule has 1 heterocycles. The molecule has 22 heavy (non-hydrogen) atoms. The van der Waals surface area contributed by atoms with Crippen LogP contribution in [-0.4, -0.2) is 23.3 Å². The summed E-state index contributed by atoms with van der Waals surface area (Å²) in [6.07, 6.45) is 7.61. The van der Waals surface area contributed by atoms with Crippen LogP contribution in [0.2, 0.25) is 0 Å². The molecule has 0 radical (unpaired) electrons. The van der Waals surface area contributed by atoms with Crippen molar-refractivity contribution in [3.8, 4) is 0 Å². The van der Waals surface area contributed by atoms with E-state index in [1.165, 1.54) is 18.4 Å². The monoisotopic (exact) mass is 293 g/mol. The van der Waals surface area contributed by atoms with Gasteiger partial charge in [0.05, 0.1) is 11.8 Å². The van der Waals surface area contributed by atoms with Gasteiger partial charge in [0.15, 0.2) is 0 Å². The fourth-order valence-corrected chi connectivity index (χ4v) is 5.25. The second-order valence-corrected chi connectivity index (χ2v) is 7.28. The zero-order valence-corrected chi connectivity index (χ0v) is 12.4. The van der Waals surface area contributed by atoms with Gasteiger partial charge in [-0.3, -0.25) is 14.5 Å². The Morgan fingerprint density at radius 3 is 2.09 bits per heavy atom. The second kappa shape index (κ2) is 4.09. The molecule has 3 fully saturated rings. The minimum atomic E-state index is -0.0548. The van der Waals surface area contributed by atoms with Gasteiger partial charge in [0.1, 0.15) is 0 Å². The van der Waals surface area contributed by atoms with Gasteiger partial charge in [-0.25, -0.2) is 0 Å². The zero-order chi connectivity index (χ0) is 14.9. The molecule has 2 amide bonds. The Kier molecular flexibility index (Phi) is 2.35. The van der Waals surface area contributed by atoms with Crippen LogP contribution in [0.3, 0.4) is 0 Å². The van der Waals surface area contributed by atoms with Crippen LogP contribution < -0.4 is 0 Å². The van der Waals surface area contributed by atoms with Crippen LogP contribution in [0.25, 0.3) is 0 Å². The number of carbonyl (C=O) groups is 2. The maximum atomic E-state index is 12.8. The first-order chi connectivity index (χ1) is 10.7. The molecule has 3 heteroatoms. The van der Waals surface area contributed by atoms with E-state index < -0.39 is 0 Å². The lowest BCUT2D eigenvalue weighted by molar-refractivity contribution is -0.141. The molecule has 0 unspecified atom stereocenters. The number of allylic oxidation sites excluding steroid dienone is 2. The Morgan fingerprint density at radius 1 is 0.955 bits per heavy atom. The Labute approximate surface area is 130 Å². The van der Waals surface area contributed by atoms with E-state index in [9.17, 15) is 9.59 Å². The third-order valence-corrected chi connectivity index (χ3v) is 6.41. The lowest BCUT2D eigenvalue weighted by Crippen LogP contribution is -2.36. The number of hydrogen-bond acceptors (Lipinski definition) is 2. The van der Waals surface area contributed by atoms with E-state index in [0.29, 0.717) is 23.8 Å². The quantitative estimate of drug-likeness (QED) is 0.634. The third kappa shape index (κ3) is 1.42. The summed E-state index contributed by atoms with van der Waals surface area (Å²) < 4.78 is 0. The predicted octanol–water partition coefficient (Wildman–Crippen LogP) is 2.43. The molecular weight excluding hydrogens is 274 g/mol. The fraction of sp³-hybridized carbons (Fsp3) is 0.474. The molecule has 1 aromatic rings. The van der Waals surface area contributed by atoms with Crippen LogP contribution in [0.4, 0.5) is 0 Å².